The fraction of sp³-hybridized carbons (Fsp3) is 0.176. The second-order valence-electron chi connectivity index (χ2n) is 9.80. The van der Waals surface area contributed by atoms with Gasteiger partial charge >= 0.3 is 23.9 Å². The number of carbonyl (C=O) groups excluding carboxylic acids is 4. The van der Waals surface area contributed by atoms with Crippen molar-refractivity contribution in [3.05, 3.63) is 144 Å². The van der Waals surface area contributed by atoms with Crippen LogP contribution in [0.25, 0.3) is 0 Å². The Labute approximate surface area is 267 Å². The van der Waals surface area contributed by atoms with Crippen LogP contribution in [0.15, 0.2) is 121 Å². The molecule has 0 N–H and O–H groups in total. The van der Waals surface area contributed by atoms with E-state index in [-0.39, 0.29) is 22.3 Å². The first kappa shape index (κ1) is 31.6. The van der Waals surface area contributed by atoms with E-state index in [1.54, 1.807) is 109 Å². The van der Waals surface area contributed by atoms with Gasteiger partial charge in [0.15, 0.2) is 18.3 Å². The molecule has 0 aliphatic carbocycles. The molecule has 0 unspecified atom stereocenters. The summed E-state index contributed by atoms with van der Waals surface area (Å²) in [5, 5.41) is 0. The van der Waals surface area contributed by atoms with Crippen LogP contribution in [-0.4, -0.2) is 61.2 Å². The van der Waals surface area contributed by atoms with Gasteiger partial charge in [-0.1, -0.05) is 72.8 Å². The zero-order valence-electron chi connectivity index (χ0n) is 23.6. The standard InChI is InChI=1S/C34H27BrO10/c35-45-34-29(44-33(39)25-19-11-4-12-20-25)28(43-32(38)24-17-9-3-10-18-24)27(42-31(37)23-15-7-2-8-16-23)26(41-34)21-40-30(36)22-13-5-1-6-14-22/h1-20,26-29,34H,21H2/t26-,27-,28+,29-,34-/m1/s1. The van der Waals surface area contributed by atoms with Crippen molar-refractivity contribution in [2.75, 3.05) is 6.61 Å². The molecule has 5 atom stereocenters. The van der Waals surface area contributed by atoms with E-state index >= 15 is 0 Å². The minimum absolute atomic E-state index is 0.189. The number of hydrogen-bond acceptors (Lipinski definition) is 10. The highest BCUT2D eigenvalue weighted by Gasteiger charge is 2.53. The summed E-state index contributed by atoms with van der Waals surface area (Å²) in [4.78, 5) is 52.8. The van der Waals surface area contributed by atoms with E-state index in [0.717, 1.165) is 0 Å². The highest BCUT2D eigenvalue weighted by molar-refractivity contribution is 9.06. The third kappa shape index (κ3) is 8.01. The number of rotatable bonds is 10. The van der Waals surface area contributed by atoms with Crippen molar-refractivity contribution < 1.29 is 46.7 Å². The summed E-state index contributed by atoms with van der Waals surface area (Å²) in [5.74, 6) is -3.02. The molecule has 0 aromatic heterocycles. The van der Waals surface area contributed by atoms with Gasteiger partial charge in [0, 0.05) is 0 Å². The van der Waals surface area contributed by atoms with Crippen LogP contribution in [-0.2, 0) is 27.5 Å². The Morgan fingerprint density at radius 2 is 0.867 bits per heavy atom. The Kier molecular flexibility index (Phi) is 10.7. The molecule has 0 bridgehead atoms. The molecule has 0 spiro atoms. The Hall–Kier alpha value is -4.84. The summed E-state index contributed by atoms with van der Waals surface area (Å²) in [5.41, 5.74) is 0.868. The van der Waals surface area contributed by atoms with Crippen molar-refractivity contribution in [3.8, 4) is 0 Å². The largest absolute Gasteiger partial charge is 0.459 e. The minimum atomic E-state index is -1.48. The summed E-state index contributed by atoms with van der Waals surface area (Å²) in [6.45, 7) is -0.438. The van der Waals surface area contributed by atoms with Gasteiger partial charge < -0.3 is 23.7 Å². The lowest BCUT2D eigenvalue weighted by atomic mass is 9.97. The van der Waals surface area contributed by atoms with Gasteiger partial charge in [-0.2, -0.15) is 0 Å². The van der Waals surface area contributed by atoms with Gasteiger partial charge in [0.1, 0.15) is 29.0 Å². The van der Waals surface area contributed by atoms with Crippen LogP contribution in [0.1, 0.15) is 41.4 Å². The molecule has 1 saturated heterocycles. The number of esters is 4. The molecule has 230 valence electrons. The summed E-state index contributed by atoms with van der Waals surface area (Å²) >= 11 is 2.92. The van der Waals surface area contributed by atoms with Gasteiger partial charge in [0.25, 0.3) is 0 Å². The van der Waals surface area contributed by atoms with Crippen LogP contribution in [0, 0.1) is 0 Å². The Bertz CT molecular complexity index is 1580. The average molecular weight is 675 g/mol. The van der Waals surface area contributed by atoms with Gasteiger partial charge in [-0.25, -0.2) is 19.2 Å². The smallest absolute Gasteiger partial charge is 0.338 e. The van der Waals surface area contributed by atoms with E-state index in [9.17, 15) is 19.2 Å². The van der Waals surface area contributed by atoms with Crippen LogP contribution in [0.5, 0.6) is 0 Å². The fourth-order valence-corrected chi connectivity index (χ4v) is 4.90. The van der Waals surface area contributed by atoms with Gasteiger partial charge in [-0.3, -0.25) is 3.83 Å². The number of carbonyl (C=O) groups is 4. The first-order chi connectivity index (χ1) is 21.9. The van der Waals surface area contributed by atoms with Gasteiger partial charge in [-0.15, -0.1) is 0 Å². The van der Waals surface area contributed by atoms with Crippen LogP contribution < -0.4 is 0 Å². The molecule has 11 heteroatoms. The third-order valence-electron chi connectivity index (χ3n) is 6.83. The predicted molar refractivity (Wildman–Crippen MR) is 162 cm³/mol. The van der Waals surface area contributed by atoms with Gasteiger partial charge in [0.2, 0.25) is 6.29 Å². The molecule has 0 saturated carbocycles. The lowest BCUT2D eigenvalue weighted by molar-refractivity contribution is -0.270. The van der Waals surface area contributed by atoms with Crippen molar-refractivity contribution >= 4 is 40.1 Å². The quantitative estimate of drug-likeness (QED) is 0.156. The van der Waals surface area contributed by atoms with Crippen molar-refractivity contribution in [1.82, 2.24) is 0 Å². The van der Waals surface area contributed by atoms with Crippen LogP contribution in [0.2, 0.25) is 0 Å². The SMILES string of the molecule is O=C(OC[C@H]1O[C@H](OBr)[C@H](OC(=O)c2ccccc2)[C@@H](OC(=O)c2ccccc2)[C@@H]1OC(=O)c1ccccc1)c1ccccc1. The molecule has 10 nitrogen and oxygen atoms in total. The zero-order chi connectivity index (χ0) is 31.6. The molecule has 5 rings (SSSR count). The number of halogens is 1. The predicted octanol–water partition coefficient (Wildman–Crippen LogP) is 5.57. The summed E-state index contributed by atoms with van der Waals surface area (Å²) < 4.78 is 34.5. The minimum Gasteiger partial charge on any atom is -0.459 e. The molecule has 1 aliphatic heterocycles. The highest BCUT2D eigenvalue weighted by atomic mass is 79.9. The third-order valence-corrected chi connectivity index (χ3v) is 7.19. The van der Waals surface area contributed by atoms with E-state index in [1.165, 1.54) is 12.1 Å². The first-order valence-corrected chi connectivity index (χ1v) is 14.5. The molecular weight excluding hydrogens is 648 g/mol. The maximum absolute atomic E-state index is 13.4. The Balaban J connectivity index is 1.50. The summed E-state index contributed by atoms with van der Waals surface area (Å²) in [6.07, 6.45) is -6.97. The lowest BCUT2D eigenvalue weighted by Crippen LogP contribution is -2.62. The molecule has 4 aromatic carbocycles. The van der Waals surface area contributed by atoms with Crippen molar-refractivity contribution in [1.29, 1.82) is 0 Å². The molecular formula is C34H27BrO10. The molecule has 1 aliphatic rings. The fourth-order valence-electron chi connectivity index (χ4n) is 4.60. The second kappa shape index (κ2) is 15.2. The van der Waals surface area contributed by atoms with Crippen molar-refractivity contribution in [2.24, 2.45) is 0 Å². The maximum Gasteiger partial charge on any atom is 0.338 e. The van der Waals surface area contributed by atoms with Gasteiger partial charge in [-0.05, 0) is 48.5 Å². The Morgan fingerprint density at radius 1 is 0.511 bits per heavy atom. The molecule has 1 heterocycles. The van der Waals surface area contributed by atoms with Crippen molar-refractivity contribution in [2.45, 2.75) is 30.7 Å². The maximum atomic E-state index is 13.4. The van der Waals surface area contributed by atoms with E-state index in [0.29, 0.717) is 0 Å². The lowest BCUT2D eigenvalue weighted by Gasteiger charge is -2.43. The van der Waals surface area contributed by atoms with Crippen LogP contribution >= 0.6 is 16.3 Å². The molecule has 1 fully saturated rings. The van der Waals surface area contributed by atoms with Crippen molar-refractivity contribution in [3.63, 3.8) is 0 Å². The van der Waals surface area contributed by atoms with Crippen LogP contribution in [0.4, 0.5) is 0 Å². The number of benzene rings is 4. The monoisotopic (exact) mass is 674 g/mol. The highest BCUT2D eigenvalue weighted by Crippen LogP contribution is 2.32. The van der Waals surface area contributed by atoms with E-state index in [2.05, 4.69) is 16.3 Å². The summed E-state index contributed by atoms with van der Waals surface area (Å²) in [6, 6.07) is 32.6. The van der Waals surface area contributed by atoms with E-state index in [4.69, 9.17) is 27.5 Å². The normalized spacial score (nSPS) is 20.8. The Morgan fingerprint density at radius 3 is 1.27 bits per heavy atom. The number of hydrogen-bond donors (Lipinski definition) is 0. The molecule has 45 heavy (non-hydrogen) atoms. The molecule has 4 aromatic rings. The first-order valence-electron chi connectivity index (χ1n) is 13.9. The van der Waals surface area contributed by atoms with E-state index in [1.807, 2.05) is 0 Å². The number of ether oxygens (including phenoxy) is 5. The zero-order valence-corrected chi connectivity index (χ0v) is 25.2. The average Bonchev–Trinajstić information content (AvgIpc) is 3.10. The molecule has 0 radical (unpaired) electrons. The van der Waals surface area contributed by atoms with E-state index < -0.39 is 61.2 Å². The van der Waals surface area contributed by atoms with Gasteiger partial charge in [0.05, 0.1) is 22.3 Å². The van der Waals surface area contributed by atoms with Crippen LogP contribution in [0.3, 0.4) is 0 Å². The summed E-state index contributed by atoms with van der Waals surface area (Å²) in [7, 11) is 0. The molecule has 0 amide bonds. The topological polar surface area (TPSA) is 124 Å². The second-order valence-corrected chi connectivity index (χ2v) is 10.2.